The zero-order valence-electron chi connectivity index (χ0n) is 18.9. The van der Waals surface area contributed by atoms with E-state index in [0.29, 0.717) is 11.3 Å². The van der Waals surface area contributed by atoms with Gasteiger partial charge in [-0.25, -0.2) is 14.8 Å². The largest absolute Gasteiger partial charge is 0.465 e. The number of carbonyl (C=O) groups excluding carboxylic acids is 2. The molecule has 5 N–H and O–H groups in total. The lowest BCUT2D eigenvalue weighted by Crippen LogP contribution is -2.35. The summed E-state index contributed by atoms with van der Waals surface area (Å²) in [5, 5.41) is 3.03. The van der Waals surface area contributed by atoms with Gasteiger partial charge in [0.1, 0.15) is 12.0 Å². The van der Waals surface area contributed by atoms with Crippen molar-refractivity contribution < 1.29 is 14.3 Å². The number of anilines is 4. The fourth-order valence-corrected chi connectivity index (χ4v) is 3.58. The number of benzene rings is 3. The third-order valence-corrected chi connectivity index (χ3v) is 5.30. The predicted molar refractivity (Wildman–Crippen MR) is 134 cm³/mol. The highest BCUT2D eigenvalue weighted by Crippen LogP contribution is 2.28. The van der Waals surface area contributed by atoms with Gasteiger partial charge in [0.05, 0.1) is 24.3 Å². The smallest absolute Gasteiger partial charge is 0.339 e. The number of methoxy groups -OCH3 is 1. The summed E-state index contributed by atoms with van der Waals surface area (Å²) >= 11 is 0. The summed E-state index contributed by atoms with van der Waals surface area (Å²) in [5.41, 5.74) is 14.4. The van der Waals surface area contributed by atoms with Crippen molar-refractivity contribution in [3.8, 4) is 0 Å². The van der Waals surface area contributed by atoms with E-state index in [-0.39, 0.29) is 23.2 Å². The third-order valence-electron chi connectivity index (χ3n) is 5.30. The summed E-state index contributed by atoms with van der Waals surface area (Å²) in [6.07, 6.45) is 1.29. The molecule has 1 heterocycles. The van der Waals surface area contributed by atoms with Crippen LogP contribution in [0.1, 0.15) is 27.4 Å². The van der Waals surface area contributed by atoms with Crippen LogP contribution in [0.3, 0.4) is 0 Å². The first-order valence-corrected chi connectivity index (χ1v) is 10.8. The quantitative estimate of drug-likeness (QED) is 0.226. The van der Waals surface area contributed by atoms with Gasteiger partial charge in [-0.15, -0.1) is 0 Å². The number of rotatable bonds is 8. The van der Waals surface area contributed by atoms with Crippen molar-refractivity contribution in [2.75, 3.05) is 23.6 Å². The first-order chi connectivity index (χ1) is 17.1. The molecule has 0 saturated carbocycles. The summed E-state index contributed by atoms with van der Waals surface area (Å²) in [7, 11) is 1.31. The Kier molecular flexibility index (Phi) is 7.17. The molecule has 0 aliphatic carbocycles. The Bertz CT molecular complexity index is 1280. The first kappa shape index (κ1) is 23.2. The van der Waals surface area contributed by atoms with Crippen LogP contribution < -0.4 is 21.9 Å². The van der Waals surface area contributed by atoms with Gasteiger partial charge in [-0.1, -0.05) is 72.8 Å². The molecule has 0 atom stereocenters. The van der Waals surface area contributed by atoms with Crippen LogP contribution in [0.5, 0.6) is 0 Å². The number of ether oxygens (including phenoxy) is 1. The number of nitrogen functional groups attached to an aromatic ring is 1. The minimum absolute atomic E-state index is 0.156. The van der Waals surface area contributed by atoms with E-state index >= 15 is 0 Å². The molecule has 0 unspecified atom stereocenters. The molecule has 0 radical (unpaired) electrons. The lowest BCUT2D eigenvalue weighted by molar-refractivity contribution is -0.121. The maximum Gasteiger partial charge on any atom is 0.339 e. The van der Waals surface area contributed by atoms with Crippen LogP contribution in [-0.2, 0) is 9.53 Å². The zero-order valence-corrected chi connectivity index (χ0v) is 18.9. The van der Waals surface area contributed by atoms with Crippen LogP contribution in [0.4, 0.5) is 23.0 Å². The Morgan fingerprint density at radius 3 is 2.03 bits per heavy atom. The lowest BCUT2D eigenvalue weighted by Gasteiger charge is -2.19. The average molecular weight is 469 g/mol. The summed E-state index contributed by atoms with van der Waals surface area (Å²) < 4.78 is 4.83. The fraction of sp³-hybridized carbons (Fsp3) is 0.0769. The Morgan fingerprint density at radius 2 is 1.40 bits per heavy atom. The van der Waals surface area contributed by atoms with Gasteiger partial charge in [0.15, 0.2) is 11.6 Å². The Morgan fingerprint density at radius 1 is 0.829 bits per heavy atom. The SMILES string of the molecule is COC(=O)c1ccccc1Nc1ncnc(NNC(=O)C(c2ccccc2)c2ccccc2)c1N. The van der Waals surface area contributed by atoms with Gasteiger partial charge in [-0.3, -0.25) is 15.6 Å². The molecule has 0 bridgehead atoms. The molecule has 4 rings (SSSR count). The molecular formula is C26H24N6O3. The molecule has 0 saturated heterocycles. The Labute approximate surface area is 202 Å². The highest BCUT2D eigenvalue weighted by atomic mass is 16.5. The summed E-state index contributed by atoms with van der Waals surface area (Å²) in [5.74, 6) is -0.871. The van der Waals surface area contributed by atoms with Crippen LogP contribution in [-0.4, -0.2) is 29.0 Å². The number of hydrogen-bond acceptors (Lipinski definition) is 8. The second-order valence-corrected chi connectivity index (χ2v) is 7.52. The summed E-state index contributed by atoms with van der Waals surface area (Å²) in [6, 6.07) is 25.8. The second kappa shape index (κ2) is 10.8. The number of nitrogens with zero attached hydrogens (tertiary/aromatic N) is 2. The molecule has 0 fully saturated rings. The van der Waals surface area contributed by atoms with Crippen molar-refractivity contribution >= 4 is 34.9 Å². The molecule has 1 aromatic heterocycles. The molecule has 0 aliphatic rings. The molecule has 0 aliphatic heterocycles. The monoisotopic (exact) mass is 468 g/mol. The molecule has 9 heteroatoms. The number of para-hydroxylation sites is 1. The summed E-state index contributed by atoms with van der Waals surface area (Å²) in [6.45, 7) is 0. The number of esters is 1. The molecule has 1 amide bonds. The third kappa shape index (κ3) is 5.36. The van der Waals surface area contributed by atoms with E-state index in [0.717, 1.165) is 11.1 Å². The molecule has 0 spiro atoms. The molecule has 35 heavy (non-hydrogen) atoms. The molecule has 4 aromatic rings. The zero-order chi connectivity index (χ0) is 24.6. The normalized spacial score (nSPS) is 10.5. The van der Waals surface area contributed by atoms with Crippen molar-refractivity contribution in [2.45, 2.75) is 5.92 Å². The van der Waals surface area contributed by atoms with E-state index < -0.39 is 11.9 Å². The number of nitrogens with two attached hydrogens (primary N) is 1. The topological polar surface area (TPSA) is 131 Å². The Hall–Kier alpha value is -4.92. The van der Waals surface area contributed by atoms with Crippen molar-refractivity contribution in [1.82, 2.24) is 15.4 Å². The van der Waals surface area contributed by atoms with E-state index in [1.807, 2.05) is 60.7 Å². The number of carbonyl (C=O) groups is 2. The van der Waals surface area contributed by atoms with Gasteiger partial charge in [-0.05, 0) is 23.3 Å². The van der Waals surface area contributed by atoms with Crippen molar-refractivity contribution in [3.05, 3.63) is 108 Å². The van der Waals surface area contributed by atoms with Crippen LogP contribution in [0, 0.1) is 0 Å². The highest BCUT2D eigenvalue weighted by molar-refractivity contribution is 5.97. The van der Waals surface area contributed by atoms with Gasteiger partial charge in [0.25, 0.3) is 0 Å². The molecule has 3 aromatic carbocycles. The van der Waals surface area contributed by atoms with Gasteiger partial charge in [-0.2, -0.15) is 0 Å². The van der Waals surface area contributed by atoms with Crippen LogP contribution in [0.2, 0.25) is 0 Å². The second-order valence-electron chi connectivity index (χ2n) is 7.52. The number of aromatic nitrogens is 2. The highest BCUT2D eigenvalue weighted by Gasteiger charge is 2.23. The van der Waals surface area contributed by atoms with Crippen LogP contribution in [0.25, 0.3) is 0 Å². The van der Waals surface area contributed by atoms with E-state index in [1.165, 1.54) is 13.4 Å². The van der Waals surface area contributed by atoms with Gasteiger partial charge in [0.2, 0.25) is 5.91 Å². The van der Waals surface area contributed by atoms with E-state index in [1.54, 1.807) is 24.3 Å². The molecule has 9 nitrogen and oxygen atoms in total. The fourth-order valence-electron chi connectivity index (χ4n) is 3.58. The van der Waals surface area contributed by atoms with E-state index in [9.17, 15) is 9.59 Å². The summed E-state index contributed by atoms with van der Waals surface area (Å²) in [4.78, 5) is 33.6. The van der Waals surface area contributed by atoms with Crippen LogP contribution in [0.15, 0.2) is 91.3 Å². The van der Waals surface area contributed by atoms with Crippen molar-refractivity contribution in [2.24, 2.45) is 0 Å². The average Bonchev–Trinajstić information content (AvgIpc) is 2.90. The van der Waals surface area contributed by atoms with Crippen LogP contribution >= 0.6 is 0 Å². The molecular weight excluding hydrogens is 444 g/mol. The van der Waals surface area contributed by atoms with Crippen molar-refractivity contribution in [3.63, 3.8) is 0 Å². The predicted octanol–water partition coefficient (Wildman–Crippen LogP) is 3.86. The maximum atomic E-state index is 13.2. The van der Waals surface area contributed by atoms with Gasteiger partial charge >= 0.3 is 5.97 Å². The van der Waals surface area contributed by atoms with Gasteiger partial charge < -0.3 is 15.8 Å². The maximum absolute atomic E-state index is 13.2. The van der Waals surface area contributed by atoms with Crippen molar-refractivity contribution in [1.29, 1.82) is 0 Å². The standard InChI is InChI=1S/C26H24N6O3/c1-35-26(34)19-14-8-9-15-20(19)30-23-22(27)24(29-16-28-23)31-32-25(33)21(17-10-4-2-5-11-17)18-12-6-3-7-13-18/h2-16,21H,27H2,1H3,(H,32,33)(H2,28,29,30,31). The first-order valence-electron chi connectivity index (χ1n) is 10.8. The van der Waals surface area contributed by atoms with E-state index in [2.05, 4.69) is 26.1 Å². The Balaban J connectivity index is 1.54. The lowest BCUT2D eigenvalue weighted by atomic mass is 9.91. The molecule has 176 valence electrons. The number of hydrogen-bond donors (Lipinski definition) is 4. The van der Waals surface area contributed by atoms with E-state index in [4.69, 9.17) is 10.5 Å². The van der Waals surface area contributed by atoms with Gasteiger partial charge in [0, 0.05) is 0 Å². The minimum Gasteiger partial charge on any atom is -0.465 e. The number of hydrazine groups is 1. The number of amides is 1. The minimum atomic E-state index is -0.544. The number of nitrogens with one attached hydrogen (secondary N) is 3.